The fraction of sp³-hybridized carbons (Fsp3) is 0.538. The lowest BCUT2D eigenvalue weighted by atomic mass is 10.3. The number of pyridine rings is 1. The molecule has 1 aromatic heterocycles. The molecule has 2 rings (SSSR count). The van der Waals surface area contributed by atoms with Crippen molar-refractivity contribution >= 4 is 11.5 Å². The number of nitrogen functional groups attached to an aromatic ring is 1. The van der Waals surface area contributed by atoms with Gasteiger partial charge in [-0.25, -0.2) is 0 Å². The van der Waals surface area contributed by atoms with Crippen LogP contribution < -0.4 is 15.4 Å². The van der Waals surface area contributed by atoms with Gasteiger partial charge >= 0.3 is 0 Å². The van der Waals surface area contributed by atoms with E-state index in [4.69, 9.17) is 15.7 Å². The number of hydrogen-bond acceptors (Lipinski definition) is 5. The van der Waals surface area contributed by atoms with Gasteiger partial charge in [0.2, 0.25) is 5.88 Å². The number of nitrogens with two attached hydrogens (primary N) is 1. The Balaban J connectivity index is 2.19. The number of nitrogens with zero attached hydrogens (tertiary/aromatic N) is 3. The zero-order chi connectivity index (χ0) is 13.0. The van der Waals surface area contributed by atoms with Crippen LogP contribution >= 0.6 is 0 Å². The Morgan fingerprint density at radius 3 is 2.94 bits per heavy atom. The van der Waals surface area contributed by atoms with Gasteiger partial charge in [-0.2, -0.15) is 10.2 Å². The van der Waals surface area contributed by atoms with Crippen LogP contribution in [0.4, 0.5) is 11.5 Å². The molecule has 1 aromatic rings. The highest BCUT2D eigenvalue weighted by Gasteiger charge is 2.30. The van der Waals surface area contributed by atoms with Crippen molar-refractivity contribution in [3.63, 3.8) is 0 Å². The van der Waals surface area contributed by atoms with Crippen molar-refractivity contribution in [3.05, 3.63) is 12.1 Å². The molecule has 1 aliphatic rings. The molecular formula is C13H18N4O. The van der Waals surface area contributed by atoms with Crippen molar-refractivity contribution in [2.75, 3.05) is 23.8 Å². The van der Waals surface area contributed by atoms with Crippen LogP contribution in [-0.2, 0) is 0 Å². The second-order valence-corrected chi connectivity index (χ2v) is 4.33. The lowest BCUT2D eigenvalue weighted by molar-refractivity contribution is 0.329. The number of nitriles is 1. The number of ether oxygens (including phenoxy) is 1. The fourth-order valence-corrected chi connectivity index (χ4v) is 1.89. The summed E-state index contributed by atoms with van der Waals surface area (Å²) in [6, 6.07) is 6.40. The summed E-state index contributed by atoms with van der Waals surface area (Å²) in [7, 11) is 0. The maximum atomic E-state index is 8.71. The van der Waals surface area contributed by atoms with Crippen LogP contribution in [0.15, 0.2) is 12.1 Å². The first-order chi connectivity index (χ1) is 8.76. The van der Waals surface area contributed by atoms with Crippen LogP contribution in [0.25, 0.3) is 0 Å². The third-order valence-electron chi connectivity index (χ3n) is 2.90. The van der Waals surface area contributed by atoms with Crippen LogP contribution in [0.3, 0.4) is 0 Å². The highest BCUT2D eigenvalue weighted by molar-refractivity contribution is 5.55. The third-order valence-corrected chi connectivity index (χ3v) is 2.90. The lowest BCUT2D eigenvalue weighted by Crippen LogP contribution is -2.27. The Labute approximate surface area is 107 Å². The normalized spacial score (nSPS) is 14.0. The average molecular weight is 246 g/mol. The quantitative estimate of drug-likeness (QED) is 0.830. The summed E-state index contributed by atoms with van der Waals surface area (Å²) in [5.74, 6) is 1.34. The smallest absolute Gasteiger partial charge is 0.239 e. The van der Waals surface area contributed by atoms with E-state index < -0.39 is 0 Å². The van der Waals surface area contributed by atoms with Crippen molar-refractivity contribution in [2.24, 2.45) is 0 Å². The third kappa shape index (κ3) is 2.83. The van der Waals surface area contributed by atoms with Gasteiger partial charge in [-0.3, -0.25) is 0 Å². The molecule has 2 N–H and O–H groups in total. The van der Waals surface area contributed by atoms with Gasteiger partial charge < -0.3 is 15.4 Å². The zero-order valence-electron chi connectivity index (χ0n) is 10.6. The summed E-state index contributed by atoms with van der Waals surface area (Å²) in [6.07, 6.45) is 2.84. The molecule has 0 atom stereocenters. The number of hydrogen-bond donors (Lipinski definition) is 1. The van der Waals surface area contributed by atoms with E-state index >= 15 is 0 Å². The first-order valence-corrected chi connectivity index (χ1v) is 6.29. The molecule has 96 valence electrons. The van der Waals surface area contributed by atoms with Crippen LogP contribution in [-0.4, -0.2) is 24.2 Å². The van der Waals surface area contributed by atoms with Crippen LogP contribution in [0.1, 0.15) is 26.2 Å². The molecule has 1 heterocycles. The number of aromatic nitrogens is 1. The van der Waals surface area contributed by atoms with E-state index in [0.717, 1.165) is 5.82 Å². The highest BCUT2D eigenvalue weighted by Crippen LogP contribution is 2.32. The minimum Gasteiger partial charge on any atom is -0.476 e. The zero-order valence-corrected chi connectivity index (χ0v) is 10.6. The number of rotatable bonds is 6. The van der Waals surface area contributed by atoms with Crippen molar-refractivity contribution in [3.8, 4) is 11.9 Å². The standard InChI is InChI=1S/C13H18N4O/c1-2-18-13-11(15)6-7-12(16-13)17(9-3-8-14)10-4-5-10/h6-7,10H,2-5,9,15H2,1H3. The first kappa shape index (κ1) is 12.5. The summed E-state index contributed by atoms with van der Waals surface area (Å²) < 4.78 is 5.40. The predicted molar refractivity (Wildman–Crippen MR) is 70.4 cm³/mol. The van der Waals surface area contributed by atoms with Gasteiger partial charge in [0.15, 0.2) is 0 Å². The molecule has 18 heavy (non-hydrogen) atoms. The molecule has 5 heteroatoms. The van der Waals surface area contributed by atoms with Crippen LogP contribution in [0.2, 0.25) is 0 Å². The lowest BCUT2D eigenvalue weighted by Gasteiger charge is -2.23. The molecule has 0 aliphatic heterocycles. The summed E-state index contributed by atoms with van der Waals surface area (Å²) in [4.78, 5) is 6.62. The average Bonchev–Trinajstić information content (AvgIpc) is 3.18. The van der Waals surface area contributed by atoms with Crippen LogP contribution in [0.5, 0.6) is 5.88 Å². The van der Waals surface area contributed by atoms with Crippen molar-refractivity contribution < 1.29 is 4.74 Å². The van der Waals surface area contributed by atoms with E-state index in [0.29, 0.717) is 37.2 Å². The van der Waals surface area contributed by atoms with Gasteiger partial charge in [0, 0.05) is 12.6 Å². The second kappa shape index (κ2) is 5.58. The fourth-order valence-electron chi connectivity index (χ4n) is 1.89. The molecule has 0 unspecified atom stereocenters. The topological polar surface area (TPSA) is 75.2 Å². The first-order valence-electron chi connectivity index (χ1n) is 6.29. The Kier molecular flexibility index (Phi) is 3.88. The Morgan fingerprint density at radius 1 is 1.56 bits per heavy atom. The van der Waals surface area contributed by atoms with Gasteiger partial charge in [0.05, 0.1) is 24.8 Å². The van der Waals surface area contributed by atoms with Gasteiger partial charge in [-0.1, -0.05) is 0 Å². The second-order valence-electron chi connectivity index (χ2n) is 4.33. The molecular weight excluding hydrogens is 228 g/mol. The summed E-state index contributed by atoms with van der Waals surface area (Å²) >= 11 is 0. The van der Waals surface area contributed by atoms with E-state index in [1.165, 1.54) is 12.8 Å². The molecule has 0 spiro atoms. The maximum Gasteiger partial charge on any atom is 0.239 e. The Hall–Kier alpha value is -1.96. The number of anilines is 2. The molecule has 1 fully saturated rings. The van der Waals surface area contributed by atoms with E-state index in [1.807, 2.05) is 19.1 Å². The molecule has 1 saturated carbocycles. The van der Waals surface area contributed by atoms with Crippen molar-refractivity contribution in [1.82, 2.24) is 4.98 Å². The van der Waals surface area contributed by atoms with Gasteiger partial charge in [0.25, 0.3) is 0 Å². The van der Waals surface area contributed by atoms with E-state index in [2.05, 4.69) is 16.0 Å². The van der Waals surface area contributed by atoms with Crippen molar-refractivity contribution in [1.29, 1.82) is 5.26 Å². The molecule has 0 bridgehead atoms. The predicted octanol–water partition coefficient (Wildman–Crippen LogP) is 1.94. The largest absolute Gasteiger partial charge is 0.476 e. The molecule has 0 radical (unpaired) electrons. The maximum absolute atomic E-state index is 8.71. The Morgan fingerprint density at radius 2 is 2.33 bits per heavy atom. The van der Waals surface area contributed by atoms with E-state index in [-0.39, 0.29) is 0 Å². The Bertz CT molecular complexity index is 451. The molecule has 1 aliphatic carbocycles. The van der Waals surface area contributed by atoms with Gasteiger partial charge in [-0.05, 0) is 31.9 Å². The van der Waals surface area contributed by atoms with E-state index in [1.54, 1.807) is 0 Å². The summed E-state index contributed by atoms with van der Waals surface area (Å²) in [6.45, 7) is 3.16. The van der Waals surface area contributed by atoms with Gasteiger partial charge in [-0.15, -0.1) is 0 Å². The molecule has 0 aromatic carbocycles. The molecule has 0 amide bonds. The van der Waals surface area contributed by atoms with Crippen LogP contribution in [0, 0.1) is 11.3 Å². The minimum absolute atomic E-state index is 0.484. The minimum atomic E-state index is 0.484. The van der Waals surface area contributed by atoms with Crippen molar-refractivity contribution in [2.45, 2.75) is 32.2 Å². The summed E-state index contributed by atoms with van der Waals surface area (Å²) in [5.41, 5.74) is 6.36. The van der Waals surface area contributed by atoms with E-state index in [9.17, 15) is 0 Å². The van der Waals surface area contributed by atoms with Gasteiger partial charge in [0.1, 0.15) is 5.82 Å². The monoisotopic (exact) mass is 246 g/mol. The molecule has 0 saturated heterocycles. The molecule has 5 nitrogen and oxygen atoms in total. The SMILES string of the molecule is CCOc1nc(N(CCC#N)C2CC2)ccc1N. The highest BCUT2D eigenvalue weighted by atomic mass is 16.5. The summed E-state index contributed by atoms with van der Waals surface area (Å²) in [5, 5.41) is 8.71.